The number of para-hydroxylation sites is 3. The van der Waals surface area contributed by atoms with Crippen LogP contribution in [0.3, 0.4) is 0 Å². The topological polar surface area (TPSA) is 38.3 Å². The molecule has 0 saturated heterocycles. The Labute approximate surface area is 189 Å². The lowest BCUT2D eigenvalue weighted by Gasteiger charge is -2.10. The van der Waals surface area contributed by atoms with Gasteiger partial charge in [-0.1, -0.05) is 60.7 Å². The first-order valence-electron chi connectivity index (χ1n) is 11.0. The van der Waals surface area contributed by atoms with Crippen molar-refractivity contribution in [3.8, 4) is 22.6 Å². The first-order chi connectivity index (χ1) is 16.3. The molecule has 5 aromatic carbocycles. The maximum Gasteiger partial charge on any atom is 0.135 e. The Morgan fingerprint density at radius 2 is 1.27 bits per heavy atom. The van der Waals surface area contributed by atoms with Crippen LogP contribution < -0.4 is 0 Å². The first-order valence-corrected chi connectivity index (χ1v) is 11.0. The van der Waals surface area contributed by atoms with E-state index in [4.69, 9.17) is 4.42 Å². The van der Waals surface area contributed by atoms with E-state index in [1.165, 1.54) is 0 Å². The van der Waals surface area contributed by atoms with Crippen LogP contribution in [0.5, 0.6) is 5.75 Å². The molecule has 2 heterocycles. The van der Waals surface area contributed by atoms with Crippen molar-refractivity contribution in [3.05, 3.63) is 109 Å². The zero-order valence-corrected chi connectivity index (χ0v) is 17.7. The van der Waals surface area contributed by atoms with Crippen molar-refractivity contribution in [1.82, 2.24) is 4.57 Å². The number of hydrogen-bond acceptors (Lipinski definition) is 2. The summed E-state index contributed by atoms with van der Waals surface area (Å²) in [5.74, 6) is 0.259. The number of phenols is 1. The van der Waals surface area contributed by atoms with Crippen molar-refractivity contribution in [1.29, 1.82) is 0 Å². The lowest BCUT2D eigenvalue weighted by Crippen LogP contribution is -1.93. The number of hydrogen-bond donors (Lipinski definition) is 1. The highest BCUT2D eigenvalue weighted by Crippen LogP contribution is 2.41. The number of fused-ring (bicyclic) bond motifs is 6. The lowest BCUT2D eigenvalue weighted by atomic mass is 9.99. The van der Waals surface area contributed by atoms with Gasteiger partial charge in [0.15, 0.2) is 0 Å². The lowest BCUT2D eigenvalue weighted by molar-refractivity contribution is 0.478. The molecule has 0 aliphatic carbocycles. The van der Waals surface area contributed by atoms with E-state index in [-0.39, 0.29) is 5.75 Å². The second-order valence-electron chi connectivity index (χ2n) is 8.38. The number of benzene rings is 5. The van der Waals surface area contributed by atoms with E-state index in [1.54, 1.807) is 0 Å². The van der Waals surface area contributed by atoms with Gasteiger partial charge in [0.2, 0.25) is 0 Å². The van der Waals surface area contributed by atoms with Gasteiger partial charge in [-0.15, -0.1) is 0 Å². The average Bonchev–Trinajstić information content (AvgIpc) is 3.39. The predicted molar refractivity (Wildman–Crippen MR) is 135 cm³/mol. The van der Waals surface area contributed by atoms with Gasteiger partial charge in [-0.05, 0) is 48.0 Å². The molecule has 0 bridgehead atoms. The summed E-state index contributed by atoms with van der Waals surface area (Å²) in [5, 5.41) is 15.6. The van der Waals surface area contributed by atoms with Gasteiger partial charge in [0, 0.05) is 38.9 Å². The highest BCUT2D eigenvalue weighted by molar-refractivity contribution is 6.12. The van der Waals surface area contributed by atoms with Gasteiger partial charge < -0.3 is 14.1 Å². The first kappa shape index (κ1) is 18.1. The number of phenolic OH excluding ortho intramolecular Hbond substituents is 1. The molecular weight excluding hydrogens is 406 g/mol. The van der Waals surface area contributed by atoms with E-state index in [2.05, 4.69) is 59.2 Å². The van der Waals surface area contributed by atoms with Crippen LogP contribution in [0, 0.1) is 0 Å². The van der Waals surface area contributed by atoms with Crippen LogP contribution in [0.15, 0.2) is 114 Å². The molecule has 0 saturated carbocycles. The Kier molecular flexibility index (Phi) is 3.70. The Morgan fingerprint density at radius 3 is 2.15 bits per heavy atom. The quantitative estimate of drug-likeness (QED) is 0.304. The van der Waals surface area contributed by atoms with E-state index >= 15 is 0 Å². The van der Waals surface area contributed by atoms with Crippen molar-refractivity contribution in [2.45, 2.75) is 0 Å². The van der Waals surface area contributed by atoms with Gasteiger partial charge in [0.05, 0.1) is 11.0 Å². The number of rotatable bonds is 2. The molecule has 0 atom stereocenters. The van der Waals surface area contributed by atoms with Gasteiger partial charge in [-0.3, -0.25) is 0 Å². The zero-order valence-electron chi connectivity index (χ0n) is 17.7. The molecule has 7 aromatic rings. The highest BCUT2D eigenvalue weighted by atomic mass is 16.3. The maximum absolute atomic E-state index is 11.2. The molecule has 33 heavy (non-hydrogen) atoms. The van der Waals surface area contributed by atoms with Gasteiger partial charge in [0.25, 0.3) is 0 Å². The second-order valence-corrected chi connectivity index (χ2v) is 8.38. The molecule has 0 unspecified atom stereocenters. The minimum absolute atomic E-state index is 0.259. The fourth-order valence-corrected chi connectivity index (χ4v) is 4.98. The van der Waals surface area contributed by atoms with Crippen LogP contribution in [0.25, 0.3) is 60.6 Å². The molecule has 0 fully saturated rings. The van der Waals surface area contributed by atoms with Gasteiger partial charge >= 0.3 is 0 Å². The predicted octanol–water partition coefficient (Wildman–Crippen LogP) is 8.06. The van der Waals surface area contributed by atoms with Crippen molar-refractivity contribution in [3.63, 3.8) is 0 Å². The Balaban J connectivity index is 1.52. The molecule has 2 aromatic heterocycles. The van der Waals surface area contributed by atoms with E-state index in [0.717, 1.165) is 60.6 Å². The SMILES string of the molecule is Oc1cc2c(cc1-c1ccc3oc4ccccc4c3c1)c1ccccc1n2-c1ccccc1. The molecule has 0 aliphatic heterocycles. The van der Waals surface area contributed by atoms with Crippen LogP contribution in [0.2, 0.25) is 0 Å². The molecular formula is C30H19NO2. The standard InChI is InChI=1S/C30H19NO2/c32-28-18-27-24(21-10-4-6-12-26(21)31(27)20-8-2-1-3-9-20)17-23(28)19-14-15-30-25(16-19)22-11-5-7-13-29(22)33-30/h1-18,32H. The summed E-state index contributed by atoms with van der Waals surface area (Å²) in [5.41, 5.74) is 6.67. The zero-order chi connectivity index (χ0) is 21.9. The minimum atomic E-state index is 0.259. The minimum Gasteiger partial charge on any atom is -0.507 e. The van der Waals surface area contributed by atoms with Crippen molar-refractivity contribution < 1.29 is 9.52 Å². The maximum atomic E-state index is 11.2. The summed E-state index contributed by atoms with van der Waals surface area (Å²) < 4.78 is 8.20. The van der Waals surface area contributed by atoms with E-state index < -0.39 is 0 Å². The molecule has 3 heteroatoms. The van der Waals surface area contributed by atoms with E-state index in [9.17, 15) is 5.11 Å². The third-order valence-electron chi connectivity index (χ3n) is 6.49. The molecule has 0 radical (unpaired) electrons. The molecule has 3 nitrogen and oxygen atoms in total. The number of aromatic nitrogens is 1. The van der Waals surface area contributed by atoms with Crippen molar-refractivity contribution in [2.24, 2.45) is 0 Å². The Morgan fingerprint density at radius 1 is 0.545 bits per heavy atom. The number of aromatic hydroxyl groups is 1. The summed E-state index contributed by atoms with van der Waals surface area (Å²) in [4.78, 5) is 0. The smallest absolute Gasteiger partial charge is 0.135 e. The summed E-state index contributed by atoms with van der Waals surface area (Å²) in [6, 6.07) is 36.8. The number of nitrogens with zero attached hydrogens (tertiary/aromatic N) is 1. The van der Waals surface area contributed by atoms with Crippen molar-refractivity contribution in [2.75, 3.05) is 0 Å². The molecule has 7 rings (SSSR count). The van der Waals surface area contributed by atoms with E-state index in [0.29, 0.717) is 0 Å². The Bertz CT molecular complexity index is 1820. The van der Waals surface area contributed by atoms with Gasteiger partial charge in [0.1, 0.15) is 16.9 Å². The third kappa shape index (κ3) is 2.63. The summed E-state index contributed by atoms with van der Waals surface area (Å²) in [6.45, 7) is 0. The second kappa shape index (κ2) is 6.75. The monoisotopic (exact) mass is 425 g/mol. The van der Waals surface area contributed by atoms with Gasteiger partial charge in [-0.2, -0.15) is 0 Å². The van der Waals surface area contributed by atoms with Gasteiger partial charge in [-0.25, -0.2) is 0 Å². The highest BCUT2D eigenvalue weighted by Gasteiger charge is 2.17. The molecule has 0 aliphatic rings. The van der Waals surface area contributed by atoms with E-state index in [1.807, 2.05) is 54.6 Å². The average molecular weight is 425 g/mol. The summed E-state index contributed by atoms with van der Waals surface area (Å²) in [7, 11) is 0. The normalized spacial score (nSPS) is 11.8. The molecule has 1 N–H and O–H groups in total. The summed E-state index contributed by atoms with van der Waals surface area (Å²) in [6.07, 6.45) is 0. The van der Waals surface area contributed by atoms with Crippen LogP contribution >= 0.6 is 0 Å². The fraction of sp³-hybridized carbons (Fsp3) is 0. The van der Waals surface area contributed by atoms with Crippen LogP contribution in [-0.2, 0) is 0 Å². The van der Waals surface area contributed by atoms with Crippen LogP contribution in [0.1, 0.15) is 0 Å². The summed E-state index contributed by atoms with van der Waals surface area (Å²) >= 11 is 0. The molecule has 0 spiro atoms. The largest absolute Gasteiger partial charge is 0.507 e. The molecule has 0 amide bonds. The van der Waals surface area contributed by atoms with Crippen LogP contribution in [-0.4, -0.2) is 9.67 Å². The third-order valence-corrected chi connectivity index (χ3v) is 6.49. The number of furan rings is 1. The molecule has 156 valence electrons. The van der Waals surface area contributed by atoms with Crippen LogP contribution in [0.4, 0.5) is 0 Å². The van der Waals surface area contributed by atoms with Crippen molar-refractivity contribution >= 4 is 43.7 Å². The fourth-order valence-electron chi connectivity index (χ4n) is 4.98. The Hall–Kier alpha value is -4.50.